The molecule has 0 aliphatic heterocycles. The SMILES string of the molecule is CC(=O)OC(CF)COc1ccc(C(C)(C)c2ccc(OCCCCl)cc2)cc1. The number of benzene rings is 2. The normalized spacial score (nSPS) is 12.3. The van der Waals surface area contributed by atoms with Crippen molar-refractivity contribution in [2.45, 2.75) is 38.7 Å². The quantitative estimate of drug-likeness (QED) is 0.280. The molecule has 0 bridgehead atoms. The number of esters is 1. The summed E-state index contributed by atoms with van der Waals surface area (Å²) in [5.41, 5.74) is 2.05. The summed E-state index contributed by atoms with van der Waals surface area (Å²) in [6.07, 6.45) is -0.0790. The van der Waals surface area contributed by atoms with Gasteiger partial charge in [0.25, 0.3) is 0 Å². The first kappa shape index (κ1) is 23.0. The summed E-state index contributed by atoms with van der Waals surface area (Å²) in [7, 11) is 0. The molecule has 4 nitrogen and oxygen atoms in total. The van der Waals surface area contributed by atoms with Gasteiger partial charge in [-0.15, -0.1) is 11.6 Å². The molecule has 0 aliphatic carbocycles. The maximum Gasteiger partial charge on any atom is 0.303 e. The van der Waals surface area contributed by atoms with Gasteiger partial charge in [-0.2, -0.15) is 0 Å². The summed E-state index contributed by atoms with van der Waals surface area (Å²) in [6.45, 7) is 5.34. The number of hydrogen-bond donors (Lipinski definition) is 0. The summed E-state index contributed by atoms with van der Waals surface area (Å²) in [4.78, 5) is 10.9. The summed E-state index contributed by atoms with van der Waals surface area (Å²) >= 11 is 5.67. The van der Waals surface area contributed by atoms with Gasteiger partial charge in [-0.05, 0) is 41.8 Å². The smallest absolute Gasteiger partial charge is 0.303 e. The minimum Gasteiger partial charge on any atom is -0.494 e. The molecule has 1 unspecified atom stereocenters. The summed E-state index contributed by atoms with van der Waals surface area (Å²) in [5, 5.41) is 0. The Morgan fingerprint density at radius 3 is 1.97 bits per heavy atom. The zero-order chi connectivity index (χ0) is 21.3. The lowest BCUT2D eigenvalue weighted by molar-refractivity contribution is -0.148. The van der Waals surface area contributed by atoms with Crippen molar-refractivity contribution in [2.75, 3.05) is 25.8 Å². The molecule has 0 radical (unpaired) electrons. The number of alkyl halides is 2. The zero-order valence-corrected chi connectivity index (χ0v) is 17.9. The Labute approximate surface area is 176 Å². The van der Waals surface area contributed by atoms with E-state index in [0.717, 1.165) is 23.3 Å². The van der Waals surface area contributed by atoms with Gasteiger partial charge >= 0.3 is 5.97 Å². The van der Waals surface area contributed by atoms with Crippen LogP contribution < -0.4 is 9.47 Å². The molecule has 29 heavy (non-hydrogen) atoms. The molecule has 0 heterocycles. The van der Waals surface area contributed by atoms with Gasteiger partial charge in [-0.1, -0.05) is 38.1 Å². The Morgan fingerprint density at radius 1 is 1.00 bits per heavy atom. The first-order valence-electron chi connectivity index (χ1n) is 9.62. The maximum absolute atomic E-state index is 12.9. The number of ether oxygens (including phenoxy) is 3. The Hall–Kier alpha value is -2.27. The van der Waals surface area contributed by atoms with Gasteiger partial charge in [-0.3, -0.25) is 4.79 Å². The van der Waals surface area contributed by atoms with Crippen LogP contribution in [0.15, 0.2) is 48.5 Å². The van der Waals surface area contributed by atoms with E-state index in [4.69, 9.17) is 25.8 Å². The third kappa shape index (κ3) is 6.93. The average Bonchev–Trinajstić information content (AvgIpc) is 2.71. The van der Waals surface area contributed by atoms with Crippen LogP contribution in [0.25, 0.3) is 0 Å². The fraction of sp³-hybridized carbons (Fsp3) is 0.435. The number of halogens is 2. The summed E-state index contributed by atoms with van der Waals surface area (Å²) in [6, 6.07) is 15.7. The van der Waals surface area contributed by atoms with Gasteiger partial charge in [0.1, 0.15) is 24.8 Å². The van der Waals surface area contributed by atoms with E-state index in [1.54, 1.807) is 0 Å². The van der Waals surface area contributed by atoms with Gasteiger partial charge in [0.2, 0.25) is 0 Å². The molecule has 0 amide bonds. The lowest BCUT2D eigenvalue weighted by atomic mass is 9.78. The molecule has 158 valence electrons. The first-order chi connectivity index (χ1) is 13.9. The fourth-order valence-corrected chi connectivity index (χ4v) is 2.99. The van der Waals surface area contributed by atoms with Gasteiger partial charge in [0.05, 0.1) is 6.61 Å². The third-order valence-corrected chi connectivity index (χ3v) is 4.91. The van der Waals surface area contributed by atoms with E-state index in [0.29, 0.717) is 18.2 Å². The highest BCUT2D eigenvalue weighted by Gasteiger charge is 2.23. The molecule has 0 aliphatic rings. The molecule has 0 fully saturated rings. The highest BCUT2D eigenvalue weighted by atomic mass is 35.5. The van der Waals surface area contributed by atoms with Crippen LogP contribution in [0.3, 0.4) is 0 Å². The van der Waals surface area contributed by atoms with Crippen molar-refractivity contribution in [3.8, 4) is 11.5 Å². The van der Waals surface area contributed by atoms with Crippen LogP contribution in [0.1, 0.15) is 38.3 Å². The number of carbonyl (C=O) groups is 1. The van der Waals surface area contributed by atoms with Crippen molar-refractivity contribution in [1.82, 2.24) is 0 Å². The van der Waals surface area contributed by atoms with Crippen molar-refractivity contribution in [3.63, 3.8) is 0 Å². The summed E-state index contributed by atoms with van der Waals surface area (Å²) in [5.74, 6) is 1.49. The maximum atomic E-state index is 12.9. The minimum atomic E-state index is -0.895. The topological polar surface area (TPSA) is 44.8 Å². The molecule has 2 rings (SSSR count). The van der Waals surface area contributed by atoms with Gasteiger partial charge in [0, 0.05) is 18.2 Å². The Kier molecular flexibility index (Phi) is 8.77. The minimum absolute atomic E-state index is 0.0238. The Bertz CT molecular complexity index is 759. The second kappa shape index (κ2) is 11.1. The van der Waals surface area contributed by atoms with E-state index in [2.05, 4.69) is 26.0 Å². The summed E-state index contributed by atoms with van der Waals surface area (Å²) < 4.78 is 28.9. The van der Waals surface area contributed by atoms with E-state index >= 15 is 0 Å². The van der Waals surface area contributed by atoms with Crippen molar-refractivity contribution in [1.29, 1.82) is 0 Å². The number of rotatable bonds is 11. The molecule has 0 spiro atoms. The lowest BCUT2D eigenvalue weighted by Gasteiger charge is -2.26. The van der Waals surface area contributed by atoms with E-state index in [1.807, 2.05) is 36.4 Å². The van der Waals surface area contributed by atoms with E-state index in [9.17, 15) is 9.18 Å². The van der Waals surface area contributed by atoms with Crippen LogP contribution in [0.4, 0.5) is 4.39 Å². The molecule has 0 saturated carbocycles. The van der Waals surface area contributed by atoms with Gasteiger partial charge in [-0.25, -0.2) is 4.39 Å². The van der Waals surface area contributed by atoms with E-state index < -0.39 is 18.7 Å². The molecule has 0 N–H and O–H groups in total. The van der Waals surface area contributed by atoms with E-state index in [-0.39, 0.29) is 12.0 Å². The van der Waals surface area contributed by atoms with Crippen LogP contribution in [-0.4, -0.2) is 37.8 Å². The van der Waals surface area contributed by atoms with Crippen LogP contribution in [0, 0.1) is 0 Å². The Balaban J connectivity index is 2.00. The molecule has 0 saturated heterocycles. The number of hydrogen-bond acceptors (Lipinski definition) is 4. The molecule has 2 aromatic rings. The van der Waals surface area contributed by atoms with Crippen LogP contribution >= 0.6 is 11.6 Å². The van der Waals surface area contributed by atoms with Crippen molar-refractivity contribution in [2.24, 2.45) is 0 Å². The largest absolute Gasteiger partial charge is 0.494 e. The monoisotopic (exact) mass is 422 g/mol. The molecule has 1 atom stereocenters. The highest BCUT2D eigenvalue weighted by Crippen LogP contribution is 2.33. The van der Waals surface area contributed by atoms with Crippen LogP contribution in [-0.2, 0) is 14.9 Å². The third-order valence-electron chi connectivity index (χ3n) is 4.64. The average molecular weight is 423 g/mol. The van der Waals surface area contributed by atoms with Crippen molar-refractivity contribution < 1.29 is 23.4 Å². The van der Waals surface area contributed by atoms with E-state index in [1.165, 1.54) is 6.92 Å². The van der Waals surface area contributed by atoms with Crippen molar-refractivity contribution in [3.05, 3.63) is 59.7 Å². The Morgan fingerprint density at radius 2 is 1.52 bits per heavy atom. The van der Waals surface area contributed by atoms with Gasteiger partial charge in [0.15, 0.2) is 6.10 Å². The zero-order valence-electron chi connectivity index (χ0n) is 17.1. The molecule has 2 aromatic carbocycles. The molecule has 0 aromatic heterocycles. The second-order valence-electron chi connectivity index (χ2n) is 7.26. The predicted molar refractivity (Wildman–Crippen MR) is 113 cm³/mol. The fourth-order valence-electron chi connectivity index (χ4n) is 2.88. The lowest BCUT2D eigenvalue weighted by Crippen LogP contribution is -2.26. The molecule has 6 heteroatoms. The van der Waals surface area contributed by atoms with Crippen LogP contribution in [0.5, 0.6) is 11.5 Å². The molecular weight excluding hydrogens is 395 g/mol. The van der Waals surface area contributed by atoms with Crippen LogP contribution in [0.2, 0.25) is 0 Å². The highest BCUT2D eigenvalue weighted by molar-refractivity contribution is 6.17. The van der Waals surface area contributed by atoms with Gasteiger partial charge < -0.3 is 14.2 Å². The van der Waals surface area contributed by atoms with Crippen molar-refractivity contribution >= 4 is 17.6 Å². The molecular formula is C23H28ClFO4. The first-order valence-corrected chi connectivity index (χ1v) is 10.2. The standard InChI is InChI=1S/C23H28ClFO4/c1-17(26)29-22(15-25)16-28-21-11-7-19(8-12-21)23(2,3)18-5-9-20(10-6-18)27-14-4-13-24/h5-12,22H,4,13-16H2,1-3H3. The number of carbonyl (C=O) groups excluding carboxylic acids is 1. The second-order valence-corrected chi connectivity index (χ2v) is 7.64. The predicted octanol–water partition coefficient (Wildman–Crippen LogP) is 5.30.